The number of unbranched alkanes of at least 4 members (excludes halogenated alkanes) is 2. The lowest BCUT2D eigenvalue weighted by molar-refractivity contribution is -0.138. The standard InChI is InChI=1S/C31H42F3N5O6/c1-8-9-10-11-12-18-43-22-15-14-20(19-21(22)31(32,33)34)23-35-24(45-38-23)30(28(2,3)4)16-13-17-39(30)25(36-26(40)41)37-27(42)44-29(5,6)7/h11-12,14-15,19H,8-10,13,16-18H2,1-7H3,(H,40,41)(H,36,37,42)/t30-/m1/s1. The van der Waals surface area contributed by atoms with Gasteiger partial charge >= 0.3 is 18.4 Å². The zero-order chi connectivity index (χ0) is 33.6. The first-order valence-electron chi connectivity index (χ1n) is 14.8. The Morgan fingerprint density at radius 3 is 2.49 bits per heavy atom. The lowest BCUT2D eigenvalue weighted by atomic mass is 9.71. The van der Waals surface area contributed by atoms with Gasteiger partial charge in [-0.3, -0.25) is 5.32 Å². The maximum absolute atomic E-state index is 14.1. The first-order valence-corrected chi connectivity index (χ1v) is 14.8. The molecule has 0 spiro atoms. The van der Waals surface area contributed by atoms with Crippen molar-refractivity contribution in [1.82, 2.24) is 20.4 Å². The van der Waals surface area contributed by atoms with Crippen LogP contribution in [0.5, 0.6) is 5.75 Å². The molecule has 1 aliphatic heterocycles. The number of nitrogens with one attached hydrogen (secondary N) is 1. The predicted octanol–water partition coefficient (Wildman–Crippen LogP) is 7.78. The minimum absolute atomic E-state index is 0.0139. The third kappa shape index (κ3) is 8.76. The normalized spacial score (nSPS) is 18.0. The molecule has 2 N–H and O–H groups in total. The second-order valence-electron chi connectivity index (χ2n) is 12.8. The van der Waals surface area contributed by atoms with Gasteiger partial charge in [0.1, 0.15) is 23.5 Å². The van der Waals surface area contributed by atoms with E-state index >= 15 is 0 Å². The van der Waals surface area contributed by atoms with Crippen molar-refractivity contribution >= 4 is 18.1 Å². The molecule has 1 aromatic carbocycles. The fourth-order valence-electron chi connectivity index (χ4n) is 5.22. The van der Waals surface area contributed by atoms with Crippen LogP contribution in [-0.4, -0.2) is 57.0 Å². The third-order valence-electron chi connectivity index (χ3n) is 7.24. The molecule has 0 aliphatic carbocycles. The van der Waals surface area contributed by atoms with E-state index in [1.165, 1.54) is 12.1 Å². The molecule has 1 atom stereocenters. The van der Waals surface area contributed by atoms with E-state index in [4.69, 9.17) is 14.0 Å². The van der Waals surface area contributed by atoms with E-state index in [9.17, 15) is 27.9 Å². The van der Waals surface area contributed by atoms with Gasteiger partial charge in [0, 0.05) is 12.1 Å². The molecule has 248 valence electrons. The molecule has 2 heterocycles. The van der Waals surface area contributed by atoms with E-state index in [2.05, 4.69) is 27.4 Å². The van der Waals surface area contributed by atoms with Crippen LogP contribution in [0.1, 0.15) is 92.0 Å². The number of carbonyl (C=O) groups excluding carboxylic acids is 1. The number of amides is 2. The van der Waals surface area contributed by atoms with Gasteiger partial charge in [0.2, 0.25) is 11.8 Å². The SMILES string of the molecule is CCCCC=CCOc1ccc(-c2noc([C@@]3(C(C)(C)C)CCCN3C(=NC(=O)OC(C)(C)C)NC(=O)O)n2)cc1C(F)(F)F. The molecule has 0 radical (unpaired) electrons. The highest BCUT2D eigenvalue weighted by atomic mass is 19.4. The zero-order valence-corrected chi connectivity index (χ0v) is 26.7. The van der Waals surface area contributed by atoms with E-state index in [0.29, 0.717) is 12.8 Å². The molecule has 0 saturated carbocycles. The summed E-state index contributed by atoms with van der Waals surface area (Å²) in [7, 11) is 0. The highest BCUT2D eigenvalue weighted by molar-refractivity contribution is 5.99. The monoisotopic (exact) mass is 637 g/mol. The van der Waals surface area contributed by atoms with Gasteiger partial charge in [0.15, 0.2) is 0 Å². The van der Waals surface area contributed by atoms with Gasteiger partial charge in [-0.25, -0.2) is 9.59 Å². The van der Waals surface area contributed by atoms with Crippen LogP contribution in [0.4, 0.5) is 22.8 Å². The Labute approximate surface area is 260 Å². The summed E-state index contributed by atoms with van der Waals surface area (Å²) in [4.78, 5) is 34.4. The topological polar surface area (TPSA) is 139 Å². The second-order valence-corrected chi connectivity index (χ2v) is 12.8. The Morgan fingerprint density at radius 2 is 1.89 bits per heavy atom. The number of hydrogen-bond donors (Lipinski definition) is 2. The number of benzene rings is 1. The van der Waals surface area contributed by atoms with Gasteiger partial charge in [-0.15, -0.1) is 4.99 Å². The smallest absolute Gasteiger partial charge is 0.437 e. The summed E-state index contributed by atoms with van der Waals surface area (Å²) in [5.74, 6) is -0.703. The number of carboxylic acid groups (broad SMARTS) is 1. The number of aromatic nitrogens is 2. The number of alkyl halides is 3. The molecule has 45 heavy (non-hydrogen) atoms. The number of rotatable bonds is 8. The van der Waals surface area contributed by atoms with Gasteiger partial charge in [0.05, 0.1) is 5.56 Å². The van der Waals surface area contributed by atoms with Crippen molar-refractivity contribution < 1.29 is 41.9 Å². The van der Waals surface area contributed by atoms with Crippen molar-refractivity contribution in [2.75, 3.05) is 13.2 Å². The minimum atomic E-state index is -4.71. The molecular formula is C31H42F3N5O6. The Kier molecular flexibility index (Phi) is 10.9. The summed E-state index contributed by atoms with van der Waals surface area (Å²) in [6, 6.07) is 3.54. The fraction of sp³-hybridized carbons (Fsp3) is 0.581. The molecule has 1 fully saturated rings. The number of hydrogen-bond acceptors (Lipinski definition) is 7. The quantitative estimate of drug-likeness (QED) is 0.129. The molecule has 11 nitrogen and oxygen atoms in total. The number of ether oxygens (including phenoxy) is 2. The average molecular weight is 638 g/mol. The summed E-state index contributed by atoms with van der Waals surface area (Å²) >= 11 is 0. The Morgan fingerprint density at radius 1 is 1.18 bits per heavy atom. The Hall–Kier alpha value is -4.10. The molecule has 1 aliphatic rings. The summed E-state index contributed by atoms with van der Waals surface area (Å²) in [5, 5.41) is 15.8. The molecule has 0 bridgehead atoms. The van der Waals surface area contributed by atoms with Crippen LogP contribution in [0.15, 0.2) is 39.9 Å². The van der Waals surface area contributed by atoms with Crippen molar-refractivity contribution in [2.24, 2.45) is 10.4 Å². The number of allylic oxidation sites excluding steroid dienone is 1. The first kappa shape index (κ1) is 35.4. The number of likely N-dealkylation sites (tertiary alicyclic amines) is 1. The Balaban J connectivity index is 2.03. The lowest BCUT2D eigenvalue weighted by Gasteiger charge is -2.46. The zero-order valence-electron chi connectivity index (χ0n) is 26.7. The van der Waals surface area contributed by atoms with Crippen LogP contribution in [0.2, 0.25) is 0 Å². The number of nitrogens with zero attached hydrogens (tertiary/aromatic N) is 4. The molecule has 1 aromatic heterocycles. The van der Waals surface area contributed by atoms with Crippen molar-refractivity contribution in [3.05, 3.63) is 41.8 Å². The number of guanidine groups is 1. The van der Waals surface area contributed by atoms with Crippen molar-refractivity contribution in [2.45, 2.75) is 97.9 Å². The summed E-state index contributed by atoms with van der Waals surface area (Å²) in [6.07, 6.45) is 0.105. The van der Waals surface area contributed by atoms with E-state index in [-0.39, 0.29) is 42.1 Å². The number of aliphatic imine (C=N–C) groups is 1. The largest absolute Gasteiger partial charge is 0.489 e. The van der Waals surface area contributed by atoms with E-state index in [0.717, 1.165) is 25.3 Å². The molecule has 1 saturated heterocycles. The molecule has 3 rings (SSSR count). The van der Waals surface area contributed by atoms with Crippen LogP contribution < -0.4 is 10.1 Å². The summed E-state index contributed by atoms with van der Waals surface area (Å²) < 4.78 is 58.6. The first-order chi connectivity index (χ1) is 20.9. The van der Waals surface area contributed by atoms with Crippen LogP contribution >= 0.6 is 0 Å². The van der Waals surface area contributed by atoms with Crippen molar-refractivity contribution in [3.63, 3.8) is 0 Å². The Bertz CT molecular complexity index is 1410. The highest BCUT2D eigenvalue weighted by Crippen LogP contribution is 2.51. The van der Waals surface area contributed by atoms with Crippen molar-refractivity contribution in [1.29, 1.82) is 0 Å². The third-order valence-corrected chi connectivity index (χ3v) is 7.24. The van der Waals surface area contributed by atoms with E-state index in [1.54, 1.807) is 31.7 Å². The predicted molar refractivity (Wildman–Crippen MR) is 161 cm³/mol. The maximum atomic E-state index is 14.1. The summed E-state index contributed by atoms with van der Waals surface area (Å²) in [6.45, 7) is 12.8. The van der Waals surface area contributed by atoms with Gasteiger partial charge in [0.25, 0.3) is 5.89 Å². The lowest BCUT2D eigenvalue weighted by Crippen LogP contribution is -2.57. The molecule has 2 amide bonds. The van der Waals surface area contributed by atoms with Gasteiger partial charge in [-0.2, -0.15) is 18.2 Å². The molecule has 2 aromatic rings. The molecule has 14 heteroatoms. The second kappa shape index (κ2) is 13.9. The fourth-order valence-corrected chi connectivity index (χ4v) is 5.22. The average Bonchev–Trinajstić information content (AvgIpc) is 3.57. The summed E-state index contributed by atoms with van der Waals surface area (Å²) in [5.41, 5.74) is -3.74. The van der Waals surface area contributed by atoms with Crippen molar-refractivity contribution in [3.8, 4) is 17.1 Å². The van der Waals surface area contributed by atoms with Crippen LogP contribution in [0.25, 0.3) is 11.4 Å². The van der Waals surface area contributed by atoms with Gasteiger partial charge in [-0.1, -0.05) is 57.8 Å². The minimum Gasteiger partial charge on any atom is -0.489 e. The van der Waals surface area contributed by atoms with E-state index in [1.807, 2.05) is 26.8 Å². The van der Waals surface area contributed by atoms with Crippen LogP contribution in [-0.2, 0) is 16.5 Å². The number of halogens is 3. The molecular weight excluding hydrogens is 595 g/mol. The van der Waals surface area contributed by atoms with Crippen LogP contribution in [0.3, 0.4) is 0 Å². The molecule has 0 unspecified atom stereocenters. The number of carbonyl (C=O) groups is 2. The van der Waals surface area contributed by atoms with Crippen LogP contribution in [0, 0.1) is 5.41 Å². The van der Waals surface area contributed by atoms with Gasteiger partial charge in [-0.05, 0) is 63.6 Å². The maximum Gasteiger partial charge on any atom is 0.437 e. The van der Waals surface area contributed by atoms with E-state index < -0.39 is 40.5 Å². The van der Waals surface area contributed by atoms with Gasteiger partial charge < -0.3 is 24.0 Å². The highest BCUT2D eigenvalue weighted by Gasteiger charge is 2.56.